The number of nitrogens with zero attached hydrogens (tertiary/aromatic N) is 2. The Balaban J connectivity index is 2.18. The van der Waals surface area contributed by atoms with E-state index in [4.69, 9.17) is 16.3 Å². The fraction of sp³-hybridized carbons (Fsp3) is 0.571. The Labute approximate surface area is 118 Å². The first-order valence-corrected chi connectivity index (χ1v) is 7.00. The first-order chi connectivity index (χ1) is 9.15. The highest BCUT2D eigenvalue weighted by Crippen LogP contribution is 2.28. The average Bonchev–Trinajstić information content (AvgIpc) is 3.22. The summed E-state index contributed by atoms with van der Waals surface area (Å²) in [7, 11) is 1.65. The van der Waals surface area contributed by atoms with Crippen LogP contribution < -0.4 is 0 Å². The molecule has 0 radical (unpaired) electrons. The number of hydrogen-bond acceptors (Lipinski definition) is 3. The van der Waals surface area contributed by atoms with E-state index < -0.39 is 0 Å². The SMILES string of the molecule is CCc1cc(C(=O)N(CCOC)C2CC2)cc(Cl)n1. The lowest BCUT2D eigenvalue weighted by molar-refractivity contribution is 0.0680. The molecule has 1 aliphatic rings. The Bertz CT molecular complexity index is 461. The van der Waals surface area contributed by atoms with Crippen LogP contribution in [-0.2, 0) is 11.2 Å². The number of aryl methyl sites for hydroxylation is 1. The topological polar surface area (TPSA) is 42.4 Å². The lowest BCUT2D eigenvalue weighted by atomic mass is 10.1. The third kappa shape index (κ3) is 3.67. The van der Waals surface area contributed by atoms with Crippen molar-refractivity contribution in [3.8, 4) is 0 Å². The maximum atomic E-state index is 12.5. The summed E-state index contributed by atoms with van der Waals surface area (Å²) in [5, 5.41) is 0.380. The molecule has 2 rings (SSSR count). The van der Waals surface area contributed by atoms with Gasteiger partial charge in [-0.05, 0) is 31.4 Å². The molecule has 104 valence electrons. The molecule has 1 fully saturated rings. The van der Waals surface area contributed by atoms with Gasteiger partial charge in [-0.15, -0.1) is 0 Å². The predicted molar refractivity (Wildman–Crippen MR) is 74.6 cm³/mol. The van der Waals surface area contributed by atoms with Crippen LogP contribution in [0.5, 0.6) is 0 Å². The van der Waals surface area contributed by atoms with E-state index in [0.29, 0.717) is 29.9 Å². The molecule has 0 saturated heterocycles. The van der Waals surface area contributed by atoms with Crippen molar-refractivity contribution in [2.24, 2.45) is 0 Å². The first kappa shape index (κ1) is 14.3. The van der Waals surface area contributed by atoms with E-state index in [1.165, 1.54) is 0 Å². The van der Waals surface area contributed by atoms with E-state index >= 15 is 0 Å². The average molecular weight is 283 g/mol. The van der Waals surface area contributed by atoms with Gasteiger partial charge in [-0.1, -0.05) is 18.5 Å². The van der Waals surface area contributed by atoms with E-state index in [0.717, 1.165) is 25.0 Å². The van der Waals surface area contributed by atoms with Crippen molar-refractivity contribution < 1.29 is 9.53 Å². The minimum Gasteiger partial charge on any atom is -0.383 e. The Morgan fingerprint density at radius 2 is 2.26 bits per heavy atom. The smallest absolute Gasteiger partial charge is 0.254 e. The molecule has 1 amide bonds. The molecule has 0 aromatic carbocycles. The minimum absolute atomic E-state index is 0.0264. The van der Waals surface area contributed by atoms with Gasteiger partial charge in [0.05, 0.1) is 6.61 Å². The second-order valence-corrected chi connectivity index (χ2v) is 5.13. The monoisotopic (exact) mass is 282 g/mol. The second kappa shape index (κ2) is 6.35. The molecule has 0 atom stereocenters. The molecule has 0 aliphatic heterocycles. The number of halogens is 1. The van der Waals surface area contributed by atoms with Crippen LogP contribution in [0.3, 0.4) is 0 Å². The van der Waals surface area contributed by atoms with Crippen molar-refractivity contribution in [1.29, 1.82) is 0 Å². The Morgan fingerprint density at radius 3 is 2.84 bits per heavy atom. The zero-order valence-electron chi connectivity index (χ0n) is 11.4. The van der Waals surface area contributed by atoms with Gasteiger partial charge in [0.15, 0.2) is 0 Å². The maximum Gasteiger partial charge on any atom is 0.254 e. The minimum atomic E-state index is 0.0264. The van der Waals surface area contributed by atoms with Crippen molar-refractivity contribution in [3.05, 3.63) is 28.5 Å². The van der Waals surface area contributed by atoms with Crippen LogP contribution in [0.2, 0.25) is 5.15 Å². The molecule has 1 aromatic heterocycles. The molecule has 0 N–H and O–H groups in total. The van der Waals surface area contributed by atoms with Crippen LogP contribution >= 0.6 is 11.6 Å². The van der Waals surface area contributed by atoms with E-state index in [1.54, 1.807) is 13.2 Å². The van der Waals surface area contributed by atoms with Crippen molar-refractivity contribution in [2.75, 3.05) is 20.3 Å². The molecular formula is C14H19ClN2O2. The molecule has 1 heterocycles. The Kier molecular flexibility index (Phi) is 4.77. The van der Waals surface area contributed by atoms with Gasteiger partial charge in [0.1, 0.15) is 5.15 Å². The first-order valence-electron chi connectivity index (χ1n) is 6.62. The summed E-state index contributed by atoms with van der Waals surface area (Å²) in [5.74, 6) is 0.0264. The molecule has 5 heteroatoms. The van der Waals surface area contributed by atoms with Gasteiger partial charge in [-0.2, -0.15) is 0 Å². The van der Waals surface area contributed by atoms with Crippen LogP contribution in [-0.4, -0.2) is 42.1 Å². The maximum absolute atomic E-state index is 12.5. The van der Waals surface area contributed by atoms with Crippen molar-refractivity contribution in [1.82, 2.24) is 9.88 Å². The number of aromatic nitrogens is 1. The van der Waals surface area contributed by atoms with Gasteiger partial charge in [0.2, 0.25) is 0 Å². The third-order valence-corrected chi connectivity index (χ3v) is 3.43. The van der Waals surface area contributed by atoms with Crippen LogP contribution in [0.25, 0.3) is 0 Å². The number of pyridine rings is 1. The van der Waals surface area contributed by atoms with E-state index in [-0.39, 0.29) is 5.91 Å². The molecule has 0 spiro atoms. The number of carbonyl (C=O) groups excluding carboxylic acids is 1. The number of hydrogen-bond donors (Lipinski definition) is 0. The molecule has 0 bridgehead atoms. The van der Waals surface area contributed by atoms with Gasteiger partial charge in [-0.3, -0.25) is 4.79 Å². The Morgan fingerprint density at radius 1 is 1.53 bits per heavy atom. The highest BCUT2D eigenvalue weighted by molar-refractivity contribution is 6.29. The number of methoxy groups -OCH3 is 1. The highest BCUT2D eigenvalue weighted by Gasteiger charge is 2.32. The molecule has 4 nitrogen and oxygen atoms in total. The number of ether oxygens (including phenoxy) is 1. The van der Waals surface area contributed by atoms with E-state index in [1.807, 2.05) is 17.9 Å². The quantitative estimate of drug-likeness (QED) is 0.753. The lowest BCUT2D eigenvalue weighted by Crippen LogP contribution is -2.35. The van der Waals surface area contributed by atoms with Gasteiger partial charge >= 0.3 is 0 Å². The third-order valence-electron chi connectivity index (χ3n) is 3.24. The molecule has 19 heavy (non-hydrogen) atoms. The summed E-state index contributed by atoms with van der Waals surface area (Å²) in [4.78, 5) is 18.6. The predicted octanol–water partition coefficient (Wildman–Crippen LogP) is 2.55. The molecule has 1 saturated carbocycles. The molecular weight excluding hydrogens is 264 g/mol. The van der Waals surface area contributed by atoms with Crippen LogP contribution in [0.4, 0.5) is 0 Å². The van der Waals surface area contributed by atoms with Gasteiger partial charge < -0.3 is 9.64 Å². The highest BCUT2D eigenvalue weighted by atomic mass is 35.5. The summed E-state index contributed by atoms with van der Waals surface area (Å²) >= 11 is 5.97. The summed E-state index contributed by atoms with van der Waals surface area (Å²) in [5.41, 5.74) is 1.47. The molecule has 0 unspecified atom stereocenters. The number of amides is 1. The molecule has 1 aliphatic carbocycles. The summed E-state index contributed by atoms with van der Waals surface area (Å²) in [6, 6.07) is 3.83. The normalized spacial score (nSPS) is 14.5. The fourth-order valence-electron chi connectivity index (χ4n) is 2.05. The zero-order chi connectivity index (χ0) is 13.8. The lowest BCUT2D eigenvalue weighted by Gasteiger charge is -2.22. The standard InChI is InChI=1S/C14H19ClN2O2/c1-3-11-8-10(9-13(15)16-11)14(18)17(6-7-19-2)12-4-5-12/h8-9,12H,3-7H2,1-2H3. The summed E-state index contributed by atoms with van der Waals surface area (Å²) in [6.07, 6.45) is 2.92. The van der Waals surface area contributed by atoms with Crippen molar-refractivity contribution >= 4 is 17.5 Å². The van der Waals surface area contributed by atoms with Gasteiger partial charge in [-0.25, -0.2) is 4.98 Å². The number of carbonyl (C=O) groups is 1. The van der Waals surface area contributed by atoms with Crippen LogP contribution in [0, 0.1) is 0 Å². The molecule has 1 aromatic rings. The fourth-order valence-corrected chi connectivity index (χ4v) is 2.27. The zero-order valence-corrected chi connectivity index (χ0v) is 12.1. The summed E-state index contributed by atoms with van der Waals surface area (Å²) in [6.45, 7) is 3.18. The van der Waals surface area contributed by atoms with E-state index in [9.17, 15) is 4.79 Å². The number of rotatable bonds is 6. The van der Waals surface area contributed by atoms with Gasteiger partial charge in [0, 0.05) is 31.0 Å². The Hall–Kier alpha value is -1.13. The second-order valence-electron chi connectivity index (χ2n) is 4.75. The van der Waals surface area contributed by atoms with Gasteiger partial charge in [0.25, 0.3) is 5.91 Å². The van der Waals surface area contributed by atoms with Crippen molar-refractivity contribution in [2.45, 2.75) is 32.2 Å². The largest absolute Gasteiger partial charge is 0.383 e. The van der Waals surface area contributed by atoms with Crippen LogP contribution in [0.1, 0.15) is 35.8 Å². The van der Waals surface area contributed by atoms with Crippen LogP contribution in [0.15, 0.2) is 12.1 Å². The van der Waals surface area contributed by atoms with Crippen molar-refractivity contribution in [3.63, 3.8) is 0 Å². The summed E-state index contributed by atoms with van der Waals surface area (Å²) < 4.78 is 5.07. The van der Waals surface area contributed by atoms with E-state index in [2.05, 4.69) is 4.98 Å².